The number of nitrogens with zero attached hydrogens (tertiary/aromatic N) is 1. The van der Waals surface area contributed by atoms with E-state index in [-0.39, 0.29) is 21.8 Å². The van der Waals surface area contributed by atoms with Gasteiger partial charge in [0.2, 0.25) is 0 Å². The molecule has 0 saturated heterocycles. The van der Waals surface area contributed by atoms with Gasteiger partial charge < -0.3 is 10.1 Å². The predicted octanol–water partition coefficient (Wildman–Crippen LogP) is 3.74. The minimum Gasteiger partial charge on any atom is -0.383 e. The summed E-state index contributed by atoms with van der Waals surface area (Å²) in [5, 5.41) is 14.2. The van der Waals surface area contributed by atoms with Crippen LogP contribution < -0.4 is 5.32 Å². The molecule has 1 unspecified atom stereocenters. The molecule has 5 nitrogen and oxygen atoms in total. The van der Waals surface area contributed by atoms with Crippen LogP contribution in [0.2, 0.25) is 10.0 Å². The molecule has 0 aliphatic heterocycles. The highest BCUT2D eigenvalue weighted by Crippen LogP contribution is 2.35. The molecule has 0 aromatic heterocycles. The Morgan fingerprint density at radius 1 is 1.44 bits per heavy atom. The van der Waals surface area contributed by atoms with Crippen LogP contribution in [0.4, 0.5) is 11.4 Å². The van der Waals surface area contributed by atoms with Gasteiger partial charge in [0, 0.05) is 25.3 Å². The molecule has 100 valence electrons. The number of hydrogen-bond acceptors (Lipinski definition) is 4. The first-order valence-corrected chi connectivity index (χ1v) is 6.14. The number of halogens is 2. The SMILES string of the molecule is CCC(COC)Nc1c(Cl)cc([N+](=O)[O-])cc1Cl. The number of hydrogen-bond donors (Lipinski definition) is 1. The molecule has 0 fully saturated rings. The molecular weight excluding hydrogens is 279 g/mol. The topological polar surface area (TPSA) is 64.4 Å². The highest BCUT2D eigenvalue weighted by molar-refractivity contribution is 6.39. The normalized spacial score (nSPS) is 12.2. The molecule has 0 heterocycles. The van der Waals surface area contributed by atoms with Crippen molar-refractivity contribution in [1.29, 1.82) is 0 Å². The fourth-order valence-corrected chi connectivity index (χ4v) is 2.05. The van der Waals surface area contributed by atoms with Crippen molar-refractivity contribution in [3.8, 4) is 0 Å². The minimum absolute atomic E-state index is 0.0476. The lowest BCUT2D eigenvalue weighted by Crippen LogP contribution is -2.24. The van der Waals surface area contributed by atoms with Crippen LogP contribution in [0.5, 0.6) is 0 Å². The lowest BCUT2D eigenvalue weighted by molar-refractivity contribution is -0.384. The second kappa shape index (κ2) is 6.78. The molecule has 1 N–H and O–H groups in total. The van der Waals surface area contributed by atoms with Crippen molar-refractivity contribution < 1.29 is 9.66 Å². The molecule has 7 heteroatoms. The second-order valence-corrected chi connectivity index (χ2v) is 4.56. The first kappa shape index (κ1) is 15.0. The summed E-state index contributed by atoms with van der Waals surface area (Å²) < 4.78 is 5.05. The zero-order chi connectivity index (χ0) is 13.7. The van der Waals surface area contributed by atoms with Crippen LogP contribution in [0.15, 0.2) is 12.1 Å². The first-order chi connectivity index (χ1) is 8.49. The van der Waals surface area contributed by atoms with Crippen LogP contribution in [-0.4, -0.2) is 24.7 Å². The average Bonchev–Trinajstić information content (AvgIpc) is 2.31. The lowest BCUT2D eigenvalue weighted by atomic mass is 10.2. The molecule has 0 spiro atoms. The predicted molar refractivity (Wildman–Crippen MR) is 72.7 cm³/mol. The Kier molecular flexibility index (Phi) is 5.65. The molecule has 1 aromatic carbocycles. The molecule has 18 heavy (non-hydrogen) atoms. The standard InChI is InChI=1S/C11H14Cl2N2O3/c1-3-7(6-18-2)14-11-9(12)4-8(15(16)17)5-10(11)13/h4-5,7,14H,3,6H2,1-2H3. The number of nitro groups is 1. The first-order valence-electron chi connectivity index (χ1n) is 5.38. The smallest absolute Gasteiger partial charge is 0.272 e. The summed E-state index contributed by atoms with van der Waals surface area (Å²) in [5.41, 5.74) is 0.364. The zero-order valence-electron chi connectivity index (χ0n) is 10.1. The number of non-ortho nitro benzene ring substituents is 1. The van der Waals surface area contributed by atoms with E-state index < -0.39 is 4.92 Å². The minimum atomic E-state index is -0.534. The third-order valence-corrected chi connectivity index (χ3v) is 3.04. The Hall–Kier alpha value is -1.04. The second-order valence-electron chi connectivity index (χ2n) is 3.75. The van der Waals surface area contributed by atoms with Gasteiger partial charge in [-0.25, -0.2) is 0 Å². The number of anilines is 1. The van der Waals surface area contributed by atoms with Gasteiger partial charge in [0.25, 0.3) is 5.69 Å². The number of nitro benzene ring substituents is 1. The van der Waals surface area contributed by atoms with Gasteiger partial charge in [-0.05, 0) is 6.42 Å². The number of benzene rings is 1. The van der Waals surface area contributed by atoms with Crippen LogP contribution in [0.25, 0.3) is 0 Å². The van der Waals surface area contributed by atoms with Crippen LogP contribution in [0.1, 0.15) is 13.3 Å². The quantitative estimate of drug-likeness (QED) is 0.641. The summed E-state index contributed by atoms with van der Waals surface area (Å²) in [4.78, 5) is 10.1. The maximum atomic E-state index is 10.6. The lowest BCUT2D eigenvalue weighted by Gasteiger charge is -2.19. The maximum Gasteiger partial charge on any atom is 0.272 e. The van der Waals surface area contributed by atoms with E-state index in [1.807, 2.05) is 6.92 Å². The molecule has 1 atom stereocenters. The van der Waals surface area contributed by atoms with E-state index in [1.165, 1.54) is 12.1 Å². The average molecular weight is 293 g/mol. The molecule has 0 aliphatic rings. The van der Waals surface area contributed by atoms with Crippen molar-refractivity contribution in [1.82, 2.24) is 0 Å². The van der Waals surface area contributed by atoms with Crippen molar-refractivity contribution in [2.75, 3.05) is 19.0 Å². The number of methoxy groups -OCH3 is 1. The van der Waals surface area contributed by atoms with Crippen LogP contribution in [0.3, 0.4) is 0 Å². The van der Waals surface area contributed by atoms with E-state index in [0.717, 1.165) is 6.42 Å². The van der Waals surface area contributed by atoms with Crippen molar-refractivity contribution in [2.45, 2.75) is 19.4 Å². The van der Waals surface area contributed by atoms with Crippen molar-refractivity contribution in [3.05, 3.63) is 32.3 Å². The number of ether oxygens (including phenoxy) is 1. The van der Waals surface area contributed by atoms with E-state index in [9.17, 15) is 10.1 Å². The molecule has 0 radical (unpaired) electrons. The van der Waals surface area contributed by atoms with E-state index >= 15 is 0 Å². The Morgan fingerprint density at radius 2 is 2.00 bits per heavy atom. The number of rotatable bonds is 6. The summed E-state index contributed by atoms with van der Waals surface area (Å²) in [6, 6.07) is 2.59. The van der Waals surface area contributed by atoms with Gasteiger partial charge in [-0.3, -0.25) is 10.1 Å². The summed E-state index contributed by atoms with van der Waals surface area (Å²) in [5.74, 6) is 0. The van der Waals surface area contributed by atoms with Gasteiger partial charge in [-0.1, -0.05) is 30.1 Å². The summed E-state index contributed by atoms with van der Waals surface area (Å²) >= 11 is 12.0. The van der Waals surface area contributed by atoms with Gasteiger partial charge in [0.1, 0.15) is 0 Å². The molecule has 0 bridgehead atoms. The maximum absolute atomic E-state index is 10.6. The molecule has 1 rings (SSSR count). The molecule has 1 aromatic rings. The molecular formula is C11H14Cl2N2O3. The van der Waals surface area contributed by atoms with Gasteiger partial charge >= 0.3 is 0 Å². The zero-order valence-corrected chi connectivity index (χ0v) is 11.6. The highest BCUT2D eigenvalue weighted by Gasteiger charge is 2.16. The molecule has 0 amide bonds. The molecule has 0 saturated carbocycles. The van der Waals surface area contributed by atoms with E-state index in [0.29, 0.717) is 12.3 Å². The highest BCUT2D eigenvalue weighted by atomic mass is 35.5. The Morgan fingerprint density at radius 3 is 2.39 bits per heavy atom. The summed E-state index contributed by atoms with van der Waals surface area (Å²) in [6.07, 6.45) is 0.817. The van der Waals surface area contributed by atoms with Gasteiger partial charge in [-0.15, -0.1) is 0 Å². The van der Waals surface area contributed by atoms with Crippen molar-refractivity contribution >= 4 is 34.6 Å². The van der Waals surface area contributed by atoms with Crippen LogP contribution in [0, 0.1) is 10.1 Å². The third kappa shape index (κ3) is 3.73. The van der Waals surface area contributed by atoms with Gasteiger partial charge in [-0.2, -0.15) is 0 Å². The fourth-order valence-electron chi connectivity index (χ4n) is 1.47. The van der Waals surface area contributed by atoms with Gasteiger partial charge in [0.05, 0.1) is 27.3 Å². The van der Waals surface area contributed by atoms with E-state index in [4.69, 9.17) is 27.9 Å². The Balaban J connectivity index is 2.99. The third-order valence-electron chi connectivity index (χ3n) is 2.45. The van der Waals surface area contributed by atoms with E-state index in [1.54, 1.807) is 7.11 Å². The Labute approximate surface area is 115 Å². The van der Waals surface area contributed by atoms with Crippen molar-refractivity contribution in [2.24, 2.45) is 0 Å². The molecule has 0 aliphatic carbocycles. The van der Waals surface area contributed by atoms with Gasteiger partial charge in [0.15, 0.2) is 0 Å². The fraction of sp³-hybridized carbons (Fsp3) is 0.455. The summed E-state index contributed by atoms with van der Waals surface area (Å²) in [6.45, 7) is 2.49. The van der Waals surface area contributed by atoms with Crippen LogP contribution >= 0.6 is 23.2 Å². The largest absolute Gasteiger partial charge is 0.383 e. The number of nitrogens with one attached hydrogen (secondary N) is 1. The summed E-state index contributed by atoms with van der Waals surface area (Å²) in [7, 11) is 1.60. The van der Waals surface area contributed by atoms with Crippen LogP contribution in [-0.2, 0) is 4.74 Å². The Bertz CT molecular complexity index is 417. The van der Waals surface area contributed by atoms with Crippen molar-refractivity contribution in [3.63, 3.8) is 0 Å². The van der Waals surface area contributed by atoms with E-state index in [2.05, 4.69) is 5.32 Å². The monoisotopic (exact) mass is 292 g/mol.